The lowest BCUT2D eigenvalue weighted by molar-refractivity contribution is 0.703. The lowest BCUT2D eigenvalue weighted by Gasteiger charge is -2.25. The minimum atomic E-state index is 0.633. The molecule has 17 heavy (non-hydrogen) atoms. The van der Waals surface area contributed by atoms with Crippen LogP contribution in [0.5, 0.6) is 0 Å². The van der Waals surface area contributed by atoms with Crippen LogP contribution in [-0.2, 0) is 0 Å². The van der Waals surface area contributed by atoms with Crippen LogP contribution in [0.25, 0.3) is 0 Å². The molecular formula is C13H20N4. The maximum atomic E-state index is 5.95. The Morgan fingerprint density at radius 3 is 2.47 bits per heavy atom. The van der Waals surface area contributed by atoms with Crippen molar-refractivity contribution < 1.29 is 0 Å². The van der Waals surface area contributed by atoms with Gasteiger partial charge < -0.3 is 10.6 Å². The maximum absolute atomic E-state index is 5.95. The second kappa shape index (κ2) is 3.86. The van der Waals surface area contributed by atoms with Crippen molar-refractivity contribution in [1.82, 2.24) is 9.97 Å². The van der Waals surface area contributed by atoms with Crippen molar-refractivity contribution in [3.8, 4) is 0 Å². The van der Waals surface area contributed by atoms with Crippen LogP contribution in [0.2, 0.25) is 0 Å². The lowest BCUT2D eigenvalue weighted by atomic mass is 10.2. The van der Waals surface area contributed by atoms with Gasteiger partial charge in [0.05, 0.1) is 0 Å². The van der Waals surface area contributed by atoms with E-state index in [0.717, 1.165) is 29.7 Å². The molecule has 4 heteroatoms. The summed E-state index contributed by atoms with van der Waals surface area (Å²) in [5.74, 6) is 3.37. The molecule has 0 radical (unpaired) electrons. The predicted octanol–water partition coefficient (Wildman–Crippen LogP) is 2.05. The minimum absolute atomic E-state index is 0.633. The molecule has 0 unspecified atom stereocenters. The number of nitrogens with two attached hydrogens (primary N) is 1. The van der Waals surface area contributed by atoms with Gasteiger partial charge in [0, 0.05) is 18.2 Å². The summed E-state index contributed by atoms with van der Waals surface area (Å²) in [6.45, 7) is 5.11. The van der Waals surface area contributed by atoms with Gasteiger partial charge in [-0.25, -0.2) is 9.97 Å². The van der Waals surface area contributed by atoms with Gasteiger partial charge in [0.2, 0.25) is 0 Å². The second-order valence-electron chi connectivity index (χ2n) is 5.43. The van der Waals surface area contributed by atoms with E-state index in [9.17, 15) is 0 Å². The molecule has 92 valence electrons. The molecule has 0 amide bonds. The molecule has 2 saturated carbocycles. The number of nitrogen functional groups attached to an aromatic ring is 1. The van der Waals surface area contributed by atoms with Crippen LogP contribution in [0.3, 0.4) is 0 Å². The van der Waals surface area contributed by atoms with E-state index in [1.165, 1.54) is 25.7 Å². The van der Waals surface area contributed by atoms with Crippen LogP contribution in [0.4, 0.5) is 11.6 Å². The smallest absolute Gasteiger partial charge is 0.137 e. The van der Waals surface area contributed by atoms with Crippen molar-refractivity contribution in [3.05, 3.63) is 11.4 Å². The average molecular weight is 232 g/mol. The summed E-state index contributed by atoms with van der Waals surface area (Å²) in [4.78, 5) is 11.3. The predicted molar refractivity (Wildman–Crippen MR) is 69.0 cm³/mol. The first-order valence-electron chi connectivity index (χ1n) is 6.52. The van der Waals surface area contributed by atoms with E-state index in [1.54, 1.807) is 0 Å². The fraction of sp³-hybridized carbons (Fsp3) is 0.692. The van der Waals surface area contributed by atoms with Crippen molar-refractivity contribution in [2.75, 3.05) is 17.2 Å². The summed E-state index contributed by atoms with van der Waals surface area (Å²) in [5, 5.41) is 0. The van der Waals surface area contributed by atoms with Gasteiger partial charge in [-0.2, -0.15) is 0 Å². The minimum Gasteiger partial charge on any atom is -0.383 e. The molecule has 4 nitrogen and oxygen atoms in total. The second-order valence-corrected chi connectivity index (χ2v) is 5.43. The Labute approximate surface area is 102 Å². The zero-order valence-corrected chi connectivity index (χ0v) is 10.6. The van der Waals surface area contributed by atoms with Crippen LogP contribution in [-0.4, -0.2) is 22.6 Å². The lowest BCUT2D eigenvalue weighted by Crippen LogP contribution is -2.30. The largest absolute Gasteiger partial charge is 0.383 e. The molecule has 0 aromatic carbocycles. The standard InChI is InChI=1S/C13H20N4/c1-8-12(14)15-9(2)16-13(8)17(11-5-6-11)7-10-3-4-10/h10-11H,3-7H2,1-2H3,(H2,14,15,16). The summed E-state index contributed by atoms with van der Waals surface area (Å²) >= 11 is 0. The van der Waals surface area contributed by atoms with Gasteiger partial charge in [-0.3, -0.25) is 0 Å². The first-order valence-corrected chi connectivity index (χ1v) is 6.52. The number of hydrogen-bond donors (Lipinski definition) is 1. The van der Waals surface area contributed by atoms with Crippen molar-refractivity contribution in [1.29, 1.82) is 0 Å². The fourth-order valence-electron chi connectivity index (χ4n) is 2.29. The van der Waals surface area contributed by atoms with Gasteiger partial charge >= 0.3 is 0 Å². The van der Waals surface area contributed by atoms with E-state index < -0.39 is 0 Å². The number of nitrogens with zero attached hydrogens (tertiary/aromatic N) is 3. The Bertz CT molecular complexity index is 435. The van der Waals surface area contributed by atoms with Gasteiger partial charge in [0.15, 0.2) is 0 Å². The van der Waals surface area contributed by atoms with Crippen LogP contribution < -0.4 is 10.6 Å². The monoisotopic (exact) mass is 232 g/mol. The molecule has 2 aliphatic carbocycles. The van der Waals surface area contributed by atoms with E-state index in [4.69, 9.17) is 5.73 Å². The number of aryl methyl sites for hydroxylation is 1. The molecule has 0 atom stereocenters. The van der Waals surface area contributed by atoms with E-state index in [1.807, 2.05) is 13.8 Å². The van der Waals surface area contributed by atoms with Crippen molar-refractivity contribution >= 4 is 11.6 Å². The molecule has 0 spiro atoms. The zero-order valence-electron chi connectivity index (χ0n) is 10.6. The van der Waals surface area contributed by atoms with Crippen molar-refractivity contribution in [2.24, 2.45) is 5.92 Å². The van der Waals surface area contributed by atoms with Crippen LogP contribution in [0, 0.1) is 19.8 Å². The third-order valence-corrected chi connectivity index (χ3v) is 3.68. The molecule has 0 saturated heterocycles. The Morgan fingerprint density at radius 1 is 1.18 bits per heavy atom. The number of hydrogen-bond acceptors (Lipinski definition) is 4. The van der Waals surface area contributed by atoms with Gasteiger partial charge in [-0.05, 0) is 45.4 Å². The highest BCUT2D eigenvalue weighted by Gasteiger charge is 2.35. The highest BCUT2D eigenvalue weighted by molar-refractivity contribution is 5.57. The van der Waals surface area contributed by atoms with Crippen LogP contribution >= 0.6 is 0 Å². The van der Waals surface area contributed by atoms with Crippen molar-refractivity contribution in [3.63, 3.8) is 0 Å². The summed E-state index contributed by atoms with van der Waals surface area (Å²) in [5.41, 5.74) is 6.99. The number of rotatable bonds is 4. The highest BCUT2D eigenvalue weighted by atomic mass is 15.2. The topological polar surface area (TPSA) is 55.0 Å². The molecular weight excluding hydrogens is 212 g/mol. The summed E-state index contributed by atoms with van der Waals surface area (Å²) < 4.78 is 0. The van der Waals surface area contributed by atoms with Crippen LogP contribution in [0.1, 0.15) is 37.1 Å². The van der Waals surface area contributed by atoms with E-state index in [2.05, 4.69) is 14.9 Å². The van der Waals surface area contributed by atoms with Crippen molar-refractivity contribution in [2.45, 2.75) is 45.6 Å². The fourth-order valence-corrected chi connectivity index (χ4v) is 2.29. The first-order chi connectivity index (χ1) is 8.15. The Kier molecular flexibility index (Phi) is 2.45. The van der Waals surface area contributed by atoms with Crippen LogP contribution in [0.15, 0.2) is 0 Å². The third kappa shape index (κ3) is 2.21. The van der Waals surface area contributed by atoms with Gasteiger partial charge in [0.25, 0.3) is 0 Å². The molecule has 3 rings (SSSR count). The maximum Gasteiger partial charge on any atom is 0.137 e. The molecule has 0 aliphatic heterocycles. The molecule has 1 heterocycles. The normalized spacial score (nSPS) is 19.4. The van der Waals surface area contributed by atoms with Gasteiger partial charge in [0.1, 0.15) is 17.5 Å². The Hall–Kier alpha value is -1.32. The summed E-state index contributed by atoms with van der Waals surface area (Å²) in [6.07, 6.45) is 5.36. The number of anilines is 2. The third-order valence-electron chi connectivity index (χ3n) is 3.68. The van der Waals surface area contributed by atoms with Gasteiger partial charge in [-0.15, -0.1) is 0 Å². The highest BCUT2D eigenvalue weighted by Crippen LogP contribution is 2.38. The summed E-state index contributed by atoms with van der Waals surface area (Å²) in [6, 6.07) is 0.697. The molecule has 2 N–H and O–H groups in total. The Morgan fingerprint density at radius 2 is 1.88 bits per heavy atom. The summed E-state index contributed by atoms with van der Waals surface area (Å²) in [7, 11) is 0. The first kappa shape index (κ1) is 10.8. The molecule has 0 bridgehead atoms. The molecule has 1 aromatic heterocycles. The van der Waals surface area contributed by atoms with E-state index in [-0.39, 0.29) is 0 Å². The molecule has 2 fully saturated rings. The molecule has 2 aliphatic rings. The number of aromatic nitrogens is 2. The van der Waals surface area contributed by atoms with Gasteiger partial charge in [-0.1, -0.05) is 0 Å². The average Bonchev–Trinajstić information content (AvgIpc) is 3.13. The quantitative estimate of drug-likeness (QED) is 0.863. The molecule has 1 aromatic rings. The van der Waals surface area contributed by atoms with E-state index >= 15 is 0 Å². The van der Waals surface area contributed by atoms with E-state index in [0.29, 0.717) is 11.9 Å². The zero-order chi connectivity index (χ0) is 12.0. The Balaban J connectivity index is 1.93. The SMILES string of the molecule is Cc1nc(N)c(C)c(N(CC2CC2)C2CC2)n1.